The van der Waals surface area contributed by atoms with Gasteiger partial charge in [-0.05, 0) is 30.4 Å². The van der Waals surface area contributed by atoms with Gasteiger partial charge in [-0.1, -0.05) is 51.5 Å². The van der Waals surface area contributed by atoms with Gasteiger partial charge in [0.2, 0.25) is 0 Å². The highest BCUT2D eigenvalue weighted by Crippen LogP contribution is 2.31. The third-order valence-corrected chi connectivity index (χ3v) is 4.81. The molecular formula is C18H29NO. The van der Waals surface area contributed by atoms with Crippen molar-refractivity contribution in [1.82, 2.24) is 5.32 Å². The lowest BCUT2D eigenvalue weighted by atomic mass is 9.83. The summed E-state index contributed by atoms with van der Waals surface area (Å²) in [5, 5.41) is 3.60. The summed E-state index contributed by atoms with van der Waals surface area (Å²) in [5.74, 6) is 0. The molecule has 2 nitrogen and oxygen atoms in total. The molecule has 1 aliphatic rings. The van der Waals surface area contributed by atoms with E-state index in [1.54, 1.807) is 0 Å². The molecule has 0 amide bonds. The summed E-state index contributed by atoms with van der Waals surface area (Å²) >= 11 is 0. The number of hydrogen-bond acceptors (Lipinski definition) is 2. The SMILES string of the molecule is CCCc1ccc(C2CNCC(CC)(CC)CO2)cc1. The number of aryl methyl sites for hydroxylation is 1. The Balaban J connectivity index is 2.02. The fourth-order valence-electron chi connectivity index (χ4n) is 2.96. The predicted octanol–water partition coefficient (Wildman–Crippen LogP) is 4.11. The van der Waals surface area contributed by atoms with Crippen molar-refractivity contribution < 1.29 is 4.74 Å². The molecule has 1 fully saturated rings. The largest absolute Gasteiger partial charge is 0.372 e. The van der Waals surface area contributed by atoms with Gasteiger partial charge in [-0.2, -0.15) is 0 Å². The summed E-state index contributed by atoms with van der Waals surface area (Å²) in [6.07, 6.45) is 4.93. The maximum Gasteiger partial charge on any atom is 0.0949 e. The first-order valence-electron chi connectivity index (χ1n) is 8.14. The summed E-state index contributed by atoms with van der Waals surface area (Å²) in [5.41, 5.74) is 3.05. The second-order valence-electron chi connectivity index (χ2n) is 6.13. The van der Waals surface area contributed by atoms with Gasteiger partial charge in [0.1, 0.15) is 0 Å². The maximum absolute atomic E-state index is 6.22. The summed E-state index contributed by atoms with van der Waals surface area (Å²) in [6.45, 7) is 9.64. The van der Waals surface area contributed by atoms with Crippen molar-refractivity contribution in [2.75, 3.05) is 19.7 Å². The lowest BCUT2D eigenvalue weighted by Gasteiger charge is -2.29. The van der Waals surface area contributed by atoms with E-state index in [0.29, 0.717) is 5.41 Å². The van der Waals surface area contributed by atoms with Crippen molar-refractivity contribution in [3.63, 3.8) is 0 Å². The molecular weight excluding hydrogens is 246 g/mol. The topological polar surface area (TPSA) is 21.3 Å². The van der Waals surface area contributed by atoms with Gasteiger partial charge in [-0.3, -0.25) is 0 Å². The van der Waals surface area contributed by atoms with E-state index in [1.165, 1.54) is 36.8 Å². The molecule has 1 aromatic rings. The zero-order valence-electron chi connectivity index (χ0n) is 13.2. The fourth-order valence-corrected chi connectivity index (χ4v) is 2.96. The van der Waals surface area contributed by atoms with E-state index < -0.39 is 0 Å². The molecule has 0 spiro atoms. The van der Waals surface area contributed by atoms with Crippen LogP contribution >= 0.6 is 0 Å². The minimum atomic E-state index is 0.200. The van der Waals surface area contributed by atoms with E-state index in [2.05, 4.69) is 50.4 Å². The van der Waals surface area contributed by atoms with Gasteiger partial charge in [0.05, 0.1) is 12.7 Å². The average molecular weight is 275 g/mol. The molecule has 0 saturated carbocycles. The number of rotatable bonds is 5. The second kappa shape index (κ2) is 7.24. The Morgan fingerprint density at radius 1 is 1.15 bits per heavy atom. The number of ether oxygens (including phenoxy) is 1. The molecule has 1 heterocycles. The molecule has 1 saturated heterocycles. The highest BCUT2D eigenvalue weighted by atomic mass is 16.5. The van der Waals surface area contributed by atoms with Crippen LogP contribution in [0.5, 0.6) is 0 Å². The average Bonchev–Trinajstić information content (AvgIpc) is 2.71. The highest BCUT2D eigenvalue weighted by Gasteiger charge is 2.30. The van der Waals surface area contributed by atoms with Gasteiger partial charge in [-0.25, -0.2) is 0 Å². The molecule has 0 radical (unpaired) electrons. The van der Waals surface area contributed by atoms with E-state index in [1.807, 2.05) is 0 Å². The van der Waals surface area contributed by atoms with Crippen molar-refractivity contribution >= 4 is 0 Å². The molecule has 1 atom stereocenters. The van der Waals surface area contributed by atoms with Crippen LogP contribution in [0.15, 0.2) is 24.3 Å². The Labute approximate surface area is 123 Å². The van der Waals surface area contributed by atoms with Crippen LogP contribution in [0.2, 0.25) is 0 Å². The monoisotopic (exact) mass is 275 g/mol. The number of hydrogen-bond donors (Lipinski definition) is 1. The molecule has 1 aromatic carbocycles. The summed E-state index contributed by atoms with van der Waals surface area (Å²) < 4.78 is 6.22. The Morgan fingerprint density at radius 3 is 2.45 bits per heavy atom. The van der Waals surface area contributed by atoms with Gasteiger partial charge < -0.3 is 10.1 Å². The van der Waals surface area contributed by atoms with Crippen LogP contribution < -0.4 is 5.32 Å². The van der Waals surface area contributed by atoms with Crippen molar-refractivity contribution in [2.24, 2.45) is 5.41 Å². The molecule has 112 valence electrons. The molecule has 1 unspecified atom stereocenters. The van der Waals surface area contributed by atoms with Crippen molar-refractivity contribution in [2.45, 2.75) is 52.6 Å². The van der Waals surface area contributed by atoms with Gasteiger partial charge in [0, 0.05) is 18.5 Å². The molecule has 0 aromatic heterocycles. The molecule has 0 bridgehead atoms. The Kier molecular flexibility index (Phi) is 5.62. The molecule has 20 heavy (non-hydrogen) atoms. The third kappa shape index (κ3) is 3.62. The quantitative estimate of drug-likeness (QED) is 0.873. The highest BCUT2D eigenvalue weighted by molar-refractivity contribution is 5.24. The van der Waals surface area contributed by atoms with Crippen molar-refractivity contribution in [3.05, 3.63) is 35.4 Å². The Hall–Kier alpha value is -0.860. The van der Waals surface area contributed by atoms with E-state index in [-0.39, 0.29) is 6.10 Å². The zero-order chi connectivity index (χ0) is 14.4. The predicted molar refractivity (Wildman–Crippen MR) is 85.0 cm³/mol. The van der Waals surface area contributed by atoms with E-state index in [9.17, 15) is 0 Å². The van der Waals surface area contributed by atoms with Gasteiger partial charge in [0.25, 0.3) is 0 Å². The molecule has 2 rings (SSSR count). The van der Waals surface area contributed by atoms with Gasteiger partial charge >= 0.3 is 0 Å². The van der Waals surface area contributed by atoms with E-state index in [4.69, 9.17) is 4.74 Å². The van der Waals surface area contributed by atoms with Crippen LogP contribution in [0.25, 0.3) is 0 Å². The summed E-state index contributed by atoms with van der Waals surface area (Å²) in [4.78, 5) is 0. The third-order valence-electron chi connectivity index (χ3n) is 4.81. The lowest BCUT2D eigenvalue weighted by Crippen LogP contribution is -2.34. The van der Waals surface area contributed by atoms with Crippen LogP contribution in [0.3, 0.4) is 0 Å². The van der Waals surface area contributed by atoms with Crippen molar-refractivity contribution in [1.29, 1.82) is 0 Å². The summed E-state index contributed by atoms with van der Waals surface area (Å²) in [7, 11) is 0. The van der Waals surface area contributed by atoms with Crippen LogP contribution in [-0.2, 0) is 11.2 Å². The molecule has 0 aliphatic carbocycles. The van der Waals surface area contributed by atoms with Gasteiger partial charge in [-0.15, -0.1) is 0 Å². The fraction of sp³-hybridized carbons (Fsp3) is 0.667. The number of benzene rings is 1. The smallest absolute Gasteiger partial charge is 0.0949 e. The normalized spacial score (nSPS) is 22.4. The summed E-state index contributed by atoms with van der Waals surface area (Å²) in [6, 6.07) is 8.98. The minimum Gasteiger partial charge on any atom is -0.372 e. The van der Waals surface area contributed by atoms with E-state index >= 15 is 0 Å². The van der Waals surface area contributed by atoms with Crippen LogP contribution in [0.4, 0.5) is 0 Å². The molecule has 2 heteroatoms. The van der Waals surface area contributed by atoms with Gasteiger partial charge in [0.15, 0.2) is 0 Å². The van der Waals surface area contributed by atoms with Crippen LogP contribution in [0, 0.1) is 5.41 Å². The Morgan fingerprint density at radius 2 is 1.85 bits per heavy atom. The maximum atomic E-state index is 6.22. The first-order chi connectivity index (χ1) is 9.73. The van der Waals surface area contributed by atoms with Crippen molar-refractivity contribution in [3.8, 4) is 0 Å². The molecule has 1 aliphatic heterocycles. The standard InChI is InChI=1S/C18H29NO/c1-4-7-15-8-10-16(11-9-15)17-12-19-13-18(5-2,6-3)14-20-17/h8-11,17,19H,4-7,12-14H2,1-3H3. The van der Waals surface area contributed by atoms with Crippen LogP contribution in [0.1, 0.15) is 57.3 Å². The Bertz CT molecular complexity index is 394. The lowest BCUT2D eigenvalue weighted by molar-refractivity contribution is 0.0103. The number of nitrogens with one attached hydrogen (secondary N) is 1. The molecule has 1 N–H and O–H groups in total. The zero-order valence-corrected chi connectivity index (χ0v) is 13.2. The first-order valence-corrected chi connectivity index (χ1v) is 8.14. The second-order valence-corrected chi connectivity index (χ2v) is 6.13. The van der Waals surface area contributed by atoms with E-state index in [0.717, 1.165) is 19.7 Å². The minimum absolute atomic E-state index is 0.200. The first kappa shape index (κ1) is 15.5. The van der Waals surface area contributed by atoms with Crippen LogP contribution in [-0.4, -0.2) is 19.7 Å².